The van der Waals surface area contributed by atoms with Gasteiger partial charge < -0.3 is 9.53 Å². The molecule has 3 rings (SSSR count). The van der Waals surface area contributed by atoms with Crippen molar-refractivity contribution in [3.8, 4) is 0 Å². The molecule has 0 heterocycles. The van der Waals surface area contributed by atoms with Crippen LogP contribution in [0.25, 0.3) is 0 Å². The number of aliphatic hydroxyl groups is 1. The van der Waals surface area contributed by atoms with Gasteiger partial charge in [0.05, 0.1) is 6.10 Å². The van der Waals surface area contributed by atoms with Gasteiger partial charge in [-0.05, 0) is 40.1 Å². The molecule has 0 aromatic heterocycles. The van der Waals surface area contributed by atoms with Crippen LogP contribution in [-0.4, -0.2) is 26.1 Å². The molecule has 1 fully saturated rings. The van der Waals surface area contributed by atoms with Gasteiger partial charge in [-0.25, -0.2) is 0 Å². The number of rotatable bonds is 7. The van der Waals surface area contributed by atoms with E-state index in [4.69, 9.17) is 4.43 Å². The second kappa shape index (κ2) is 7.67. The van der Waals surface area contributed by atoms with Crippen molar-refractivity contribution in [2.45, 2.75) is 51.7 Å². The van der Waals surface area contributed by atoms with Crippen molar-refractivity contribution >= 4 is 18.7 Å². The Labute approximate surface area is 159 Å². The van der Waals surface area contributed by atoms with Crippen molar-refractivity contribution < 1.29 is 9.53 Å². The minimum absolute atomic E-state index is 0.0173. The van der Waals surface area contributed by atoms with E-state index in [0.29, 0.717) is 11.8 Å². The predicted molar refractivity (Wildman–Crippen MR) is 111 cm³/mol. The van der Waals surface area contributed by atoms with E-state index in [1.165, 1.54) is 10.4 Å². The molecular weight excluding hydrogens is 336 g/mol. The van der Waals surface area contributed by atoms with Crippen LogP contribution in [0, 0.1) is 11.8 Å². The van der Waals surface area contributed by atoms with Crippen LogP contribution in [0.4, 0.5) is 0 Å². The summed E-state index contributed by atoms with van der Waals surface area (Å²) >= 11 is 0. The molecule has 140 valence electrons. The van der Waals surface area contributed by atoms with Crippen LogP contribution in [0.2, 0.25) is 5.04 Å². The molecule has 3 heteroatoms. The lowest BCUT2D eigenvalue weighted by atomic mass is 10.1. The van der Waals surface area contributed by atoms with Gasteiger partial charge >= 0.3 is 0 Å². The van der Waals surface area contributed by atoms with Crippen LogP contribution in [0.15, 0.2) is 60.7 Å². The van der Waals surface area contributed by atoms with Crippen molar-refractivity contribution in [3.05, 3.63) is 60.7 Å². The van der Waals surface area contributed by atoms with Gasteiger partial charge in [-0.15, -0.1) is 0 Å². The summed E-state index contributed by atoms with van der Waals surface area (Å²) in [5.41, 5.74) is 0. The van der Waals surface area contributed by atoms with E-state index in [0.717, 1.165) is 19.4 Å². The van der Waals surface area contributed by atoms with E-state index < -0.39 is 8.32 Å². The Bertz CT molecular complexity index is 654. The van der Waals surface area contributed by atoms with E-state index >= 15 is 0 Å². The Morgan fingerprint density at radius 1 is 1.00 bits per heavy atom. The largest absolute Gasteiger partial charge is 0.407 e. The van der Waals surface area contributed by atoms with Gasteiger partial charge in [-0.1, -0.05) is 88.4 Å². The molecule has 0 saturated heterocycles. The smallest absolute Gasteiger partial charge is 0.261 e. The van der Waals surface area contributed by atoms with E-state index in [-0.39, 0.29) is 11.1 Å². The van der Waals surface area contributed by atoms with Crippen LogP contribution in [0.1, 0.15) is 40.5 Å². The van der Waals surface area contributed by atoms with Gasteiger partial charge in [0.15, 0.2) is 0 Å². The van der Waals surface area contributed by atoms with E-state index in [9.17, 15) is 5.11 Å². The van der Waals surface area contributed by atoms with Gasteiger partial charge in [-0.2, -0.15) is 0 Å². The summed E-state index contributed by atoms with van der Waals surface area (Å²) in [5, 5.41) is 12.8. The summed E-state index contributed by atoms with van der Waals surface area (Å²) < 4.78 is 6.94. The monoisotopic (exact) mass is 368 g/mol. The highest BCUT2D eigenvalue weighted by atomic mass is 28.4. The quantitative estimate of drug-likeness (QED) is 0.749. The van der Waals surface area contributed by atoms with E-state index in [2.05, 4.69) is 88.4 Å². The molecule has 0 radical (unpaired) electrons. The highest BCUT2D eigenvalue weighted by Gasteiger charge is 2.52. The summed E-state index contributed by atoms with van der Waals surface area (Å²) in [6.45, 7) is 9.73. The normalized spacial score (nSPS) is 21.4. The number of hydrogen-bond acceptors (Lipinski definition) is 2. The number of benzene rings is 2. The van der Waals surface area contributed by atoms with Crippen molar-refractivity contribution in [1.29, 1.82) is 0 Å². The number of aliphatic hydroxyl groups excluding tert-OH is 1. The van der Waals surface area contributed by atoms with Crippen molar-refractivity contribution in [2.75, 3.05) is 6.61 Å². The molecule has 1 N–H and O–H groups in total. The lowest BCUT2D eigenvalue weighted by Gasteiger charge is -2.43. The highest BCUT2D eigenvalue weighted by molar-refractivity contribution is 6.99. The first-order valence-corrected chi connectivity index (χ1v) is 11.7. The van der Waals surface area contributed by atoms with Crippen LogP contribution in [0.3, 0.4) is 0 Å². The third kappa shape index (κ3) is 3.66. The first-order chi connectivity index (χ1) is 12.4. The topological polar surface area (TPSA) is 29.5 Å². The van der Waals surface area contributed by atoms with Crippen molar-refractivity contribution in [2.24, 2.45) is 11.8 Å². The minimum Gasteiger partial charge on any atom is -0.407 e. The minimum atomic E-state index is -2.43. The fourth-order valence-corrected chi connectivity index (χ4v) is 8.85. The van der Waals surface area contributed by atoms with Gasteiger partial charge in [0.2, 0.25) is 0 Å². The Kier molecular flexibility index (Phi) is 5.71. The Morgan fingerprint density at radius 2 is 1.50 bits per heavy atom. The summed E-state index contributed by atoms with van der Waals surface area (Å²) in [6, 6.07) is 21.6. The summed E-state index contributed by atoms with van der Waals surface area (Å²) in [5.74, 6) is 0.907. The van der Waals surface area contributed by atoms with E-state index in [1.807, 2.05) is 0 Å². The summed E-state index contributed by atoms with van der Waals surface area (Å²) in [6.07, 6.45) is 1.75. The zero-order chi connectivity index (χ0) is 18.8. The molecule has 2 aromatic rings. The lowest BCUT2D eigenvalue weighted by molar-refractivity contribution is 0.133. The molecule has 1 aliphatic carbocycles. The molecule has 1 aliphatic rings. The summed E-state index contributed by atoms with van der Waals surface area (Å²) in [4.78, 5) is 0. The third-order valence-corrected chi connectivity index (χ3v) is 10.8. The predicted octanol–water partition coefficient (Wildman–Crippen LogP) is 3.97. The molecule has 2 aromatic carbocycles. The SMILES string of the molecule is CC[C@@H](O)[C@H]1C[C@H]1CO[Si](c1ccccc1)(c1ccccc1)C(C)(C)C. The summed E-state index contributed by atoms with van der Waals surface area (Å²) in [7, 11) is -2.43. The zero-order valence-electron chi connectivity index (χ0n) is 16.5. The maximum absolute atomic E-state index is 10.1. The molecule has 3 atom stereocenters. The van der Waals surface area contributed by atoms with Crippen LogP contribution >= 0.6 is 0 Å². The molecular formula is C23H32O2Si. The van der Waals surface area contributed by atoms with Crippen LogP contribution < -0.4 is 10.4 Å². The maximum atomic E-state index is 10.1. The first-order valence-electron chi connectivity index (χ1n) is 9.83. The van der Waals surface area contributed by atoms with Crippen LogP contribution in [-0.2, 0) is 4.43 Å². The number of hydrogen-bond donors (Lipinski definition) is 1. The molecule has 0 spiro atoms. The van der Waals surface area contributed by atoms with Crippen molar-refractivity contribution in [3.63, 3.8) is 0 Å². The molecule has 0 aliphatic heterocycles. The second-order valence-corrected chi connectivity index (χ2v) is 12.9. The lowest BCUT2D eigenvalue weighted by Crippen LogP contribution is -2.66. The zero-order valence-corrected chi connectivity index (χ0v) is 17.5. The van der Waals surface area contributed by atoms with Gasteiger partial charge in [0.1, 0.15) is 0 Å². The van der Waals surface area contributed by atoms with Gasteiger partial charge in [0.25, 0.3) is 8.32 Å². The van der Waals surface area contributed by atoms with Crippen LogP contribution in [0.5, 0.6) is 0 Å². The molecule has 0 unspecified atom stereocenters. The van der Waals surface area contributed by atoms with E-state index in [1.54, 1.807) is 0 Å². The highest BCUT2D eigenvalue weighted by Crippen LogP contribution is 2.44. The third-order valence-electron chi connectivity index (χ3n) is 5.82. The molecule has 0 bridgehead atoms. The molecule has 1 saturated carbocycles. The molecule has 26 heavy (non-hydrogen) atoms. The first kappa shape index (κ1) is 19.3. The fraction of sp³-hybridized carbons (Fsp3) is 0.478. The Morgan fingerprint density at radius 3 is 1.92 bits per heavy atom. The second-order valence-electron chi connectivity index (χ2n) is 8.61. The van der Waals surface area contributed by atoms with Crippen molar-refractivity contribution in [1.82, 2.24) is 0 Å². The maximum Gasteiger partial charge on any atom is 0.261 e. The standard InChI is InChI=1S/C23H32O2Si/c1-5-22(24)21-16-18(21)17-25-26(23(2,3)4,19-12-8-6-9-13-19)20-14-10-7-11-15-20/h6-15,18,21-22,24H,5,16-17H2,1-4H3/t18-,21-,22+/m0/s1. The molecule has 2 nitrogen and oxygen atoms in total. The molecule has 0 amide bonds. The fourth-order valence-electron chi connectivity index (χ4n) is 4.23. The Hall–Kier alpha value is -1.42. The van der Waals surface area contributed by atoms with Gasteiger partial charge in [0, 0.05) is 6.61 Å². The average Bonchev–Trinajstić information content (AvgIpc) is 3.42. The Balaban J connectivity index is 1.96. The average molecular weight is 369 g/mol. The van der Waals surface area contributed by atoms with Gasteiger partial charge in [-0.3, -0.25) is 0 Å².